The van der Waals surface area contributed by atoms with Crippen molar-refractivity contribution in [3.63, 3.8) is 0 Å². The third-order valence-corrected chi connectivity index (χ3v) is 2.61. The van der Waals surface area contributed by atoms with E-state index in [-0.39, 0.29) is 0 Å². The van der Waals surface area contributed by atoms with Gasteiger partial charge in [0.2, 0.25) is 0 Å². The standard InChI is InChI=1S/C6H9NS2/c1-3-8-6-4-9-5(2)7-6/h4H,3H2,1-2H3. The fourth-order valence-electron chi connectivity index (χ4n) is 0.558. The van der Waals surface area contributed by atoms with Gasteiger partial charge in [-0.2, -0.15) is 0 Å². The number of hydrogen-bond acceptors (Lipinski definition) is 3. The van der Waals surface area contributed by atoms with Gasteiger partial charge in [0, 0.05) is 5.38 Å². The summed E-state index contributed by atoms with van der Waals surface area (Å²) < 4.78 is 0. The van der Waals surface area contributed by atoms with Gasteiger partial charge in [0.1, 0.15) is 5.03 Å². The van der Waals surface area contributed by atoms with Crippen molar-refractivity contribution >= 4 is 23.1 Å². The van der Waals surface area contributed by atoms with Crippen LogP contribution in [0.3, 0.4) is 0 Å². The van der Waals surface area contributed by atoms with Crippen LogP contribution < -0.4 is 0 Å². The van der Waals surface area contributed by atoms with E-state index in [2.05, 4.69) is 17.3 Å². The van der Waals surface area contributed by atoms with Crippen molar-refractivity contribution in [3.05, 3.63) is 10.4 Å². The van der Waals surface area contributed by atoms with Crippen molar-refractivity contribution in [1.29, 1.82) is 0 Å². The lowest BCUT2D eigenvalue weighted by molar-refractivity contribution is 1.14. The molecule has 0 unspecified atom stereocenters. The van der Waals surface area contributed by atoms with E-state index < -0.39 is 0 Å². The molecule has 0 atom stereocenters. The zero-order valence-corrected chi connectivity index (χ0v) is 7.18. The number of aryl methyl sites for hydroxylation is 1. The Hall–Kier alpha value is -0.0200. The normalized spacial score (nSPS) is 10.0. The molecule has 9 heavy (non-hydrogen) atoms. The molecule has 1 aromatic heterocycles. The van der Waals surface area contributed by atoms with Crippen molar-refractivity contribution in [2.45, 2.75) is 18.9 Å². The van der Waals surface area contributed by atoms with Gasteiger partial charge in [-0.05, 0) is 12.7 Å². The summed E-state index contributed by atoms with van der Waals surface area (Å²) >= 11 is 3.51. The molecule has 0 fully saturated rings. The first-order valence-electron chi connectivity index (χ1n) is 2.88. The fraction of sp³-hybridized carbons (Fsp3) is 0.500. The van der Waals surface area contributed by atoms with Gasteiger partial charge in [0.25, 0.3) is 0 Å². The lowest BCUT2D eigenvalue weighted by Gasteiger charge is -1.85. The molecule has 1 aromatic rings. The summed E-state index contributed by atoms with van der Waals surface area (Å²) in [6.45, 7) is 4.17. The maximum atomic E-state index is 4.28. The first kappa shape index (κ1) is 7.09. The van der Waals surface area contributed by atoms with Crippen LogP contribution in [0, 0.1) is 6.92 Å². The molecule has 0 N–H and O–H groups in total. The highest BCUT2D eigenvalue weighted by molar-refractivity contribution is 7.99. The second kappa shape index (κ2) is 3.22. The topological polar surface area (TPSA) is 12.9 Å². The highest BCUT2D eigenvalue weighted by atomic mass is 32.2. The summed E-state index contributed by atoms with van der Waals surface area (Å²) in [5, 5.41) is 4.43. The second-order valence-electron chi connectivity index (χ2n) is 1.64. The third kappa shape index (κ3) is 1.99. The van der Waals surface area contributed by atoms with Gasteiger partial charge in [-0.1, -0.05) is 6.92 Å². The molecule has 0 spiro atoms. The molecule has 1 rings (SSSR count). The molecule has 1 heterocycles. The van der Waals surface area contributed by atoms with E-state index in [0.717, 1.165) is 10.8 Å². The number of aromatic nitrogens is 1. The van der Waals surface area contributed by atoms with Crippen LogP contribution in [0.4, 0.5) is 0 Å². The number of hydrogen-bond donors (Lipinski definition) is 0. The van der Waals surface area contributed by atoms with E-state index in [9.17, 15) is 0 Å². The SMILES string of the molecule is CCSc1csc(C)n1. The third-order valence-electron chi connectivity index (χ3n) is 0.890. The van der Waals surface area contributed by atoms with Crippen LogP contribution in [0.15, 0.2) is 10.4 Å². The van der Waals surface area contributed by atoms with Gasteiger partial charge >= 0.3 is 0 Å². The average molecular weight is 159 g/mol. The zero-order chi connectivity index (χ0) is 6.69. The van der Waals surface area contributed by atoms with E-state index in [1.54, 1.807) is 23.1 Å². The summed E-state index contributed by atoms with van der Waals surface area (Å²) in [5.74, 6) is 1.11. The van der Waals surface area contributed by atoms with Crippen LogP contribution in [-0.4, -0.2) is 10.7 Å². The predicted octanol–water partition coefficient (Wildman–Crippen LogP) is 2.56. The lowest BCUT2D eigenvalue weighted by atomic mass is 10.8. The Labute approximate surface area is 63.5 Å². The largest absolute Gasteiger partial charge is 0.235 e. The molecule has 0 aliphatic heterocycles. The van der Waals surface area contributed by atoms with Crippen molar-refractivity contribution in [2.75, 3.05) is 5.75 Å². The molecular formula is C6H9NS2. The van der Waals surface area contributed by atoms with Gasteiger partial charge in [-0.25, -0.2) is 4.98 Å². The Morgan fingerprint density at radius 2 is 2.56 bits per heavy atom. The smallest absolute Gasteiger partial charge is 0.107 e. The zero-order valence-electron chi connectivity index (χ0n) is 5.55. The highest BCUT2D eigenvalue weighted by Crippen LogP contribution is 2.19. The Kier molecular flexibility index (Phi) is 2.54. The maximum absolute atomic E-state index is 4.28. The maximum Gasteiger partial charge on any atom is 0.107 e. The van der Waals surface area contributed by atoms with E-state index in [1.165, 1.54) is 5.03 Å². The predicted molar refractivity (Wildman–Crippen MR) is 43.2 cm³/mol. The molecule has 0 aliphatic carbocycles. The molecular weight excluding hydrogens is 150 g/mol. The Morgan fingerprint density at radius 1 is 1.78 bits per heavy atom. The van der Waals surface area contributed by atoms with E-state index in [4.69, 9.17) is 0 Å². The molecule has 0 aliphatic rings. The molecule has 3 heteroatoms. The van der Waals surface area contributed by atoms with Crippen molar-refractivity contribution < 1.29 is 0 Å². The van der Waals surface area contributed by atoms with Crippen LogP contribution in [0.25, 0.3) is 0 Å². The number of thioether (sulfide) groups is 1. The van der Waals surface area contributed by atoms with E-state index >= 15 is 0 Å². The Balaban J connectivity index is 2.61. The minimum Gasteiger partial charge on any atom is -0.235 e. The summed E-state index contributed by atoms with van der Waals surface area (Å²) in [7, 11) is 0. The summed E-state index contributed by atoms with van der Waals surface area (Å²) in [6, 6.07) is 0. The molecule has 1 nitrogen and oxygen atoms in total. The van der Waals surface area contributed by atoms with Crippen LogP contribution in [0.5, 0.6) is 0 Å². The molecule has 0 aromatic carbocycles. The highest BCUT2D eigenvalue weighted by Gasteiger charge is 1.94. The Morgan fingerprint density at radius 3 is 3.00 bits per heavy atom. The van der Waals surface area contributed by atoms with Crippen LogP contribution >= 0.6 is 23.1 Å². The second-order valence-corrected chi connectivity index (χ2v) is 3.98. The average Bonchev–Trinajstić information content (AvgIpc) is 2.17. The first-order chi connectivity index (χ1) is 4.33. The molecule has 0 bridgehead atoms. The first-order valence-corrected chi connectivity index (χ1v) is 4.74. The minimum absolute atomic E-state index is 1.11. The molecule has 0 amide bonds. The number of nitrogens with zero attached hydrogens (tertiary/aromatic N) is 1. The number of thiazole rings is 1. The summed E-state index contributed by atoms with van der Waals surface area (Å²) in [4.78, 5) is 4.28. The summed E-state index contributed by atoms with van der Waals surface area (Å²) in [6.07, 6.45) is 0. The van der Waals surface area contributed by atoms with Crippen molar-refractivity contribution in [1.82, 2.24) is 4.98 Å². The minimum atomic E-state index is 1.11. The number of rotatable bonds is 2. The van der Waals surface area contributed by atoms with E-state index in [0.29, 0.717) is 0 Å². The van der Waals surface area contributed by atoms with Gasteiger partial charge in [-0.15, -0.1) is 23.1 Å². The van der Waals surface area contributed by atoms with Crippen LogP contribution in [0.2, 0.25) is 0 Å². The quantitative estimate of drug-likeness (QED) is 0.615. The van der Waals surface area contributed by atoms with Crippen LogP contribution in [-0.2, 0) is 0 Å². The van der Waals surface area contributed by atoms with Gasteiger partial charge < -0.3 is 0 Å². The van der Waals surface area contributed by atoms with Crippen LogP contribution in [0.1, 0.15) is 11.9 Å². The molecule has 0 radical (unpaired) electrons. The Bertz CT molecular complexity index is 183. The molecule has 50 valence electrons. The van der Waals surface area contributed by atoms with Gasteiger partial charge in [-0.3, -0.25) is 0 Å². The summed E-state index contributed by atoms with van der Waals surface area (Å²) in [5.41, 5.74) is 0. The lowest BCUT2D eigenvalue weighted by Crippen LogP contribution is -1.71. The van der Waals surface area contributed by atoms with Crippen molar-refractivity contribution in [2.24, 2.45) is 0 Å². The van der Waals surface area contributed by atoms with Gasteiger partial charge in [0.15, 0.2) is 0 Å². The molecule has 0 saturated heterocycles. The monoisotopic (exact) mass is 159 g/mol. The van der Waals surface area contributed by atoms with Crippen molar-refractivity contribution in [3.8, 4) is 0 Å². The van der Waals surface area contributed by atoms with E-state index in [1.807, 2.05) is 6.92 Å². The van der Waals surface area contributed by atoms with Gasteiger partial charge in [0.05, 0.1) is 5.01 Å². The fourth-order valence-corrected chi connectivity index (χ4v) is 2.00. The molecule has 0 saturated carbocycles.